The van der Waals surface area contributed by atoms with Crippen LogP contribution in [0.5, 0.6) is 5.75 Å². The number of rotatable bonds is 4. The van der Waals surface area contributed by atoms with Gasteiger partial charge in [0.05, 0.1) is 18.7 Å². The van der Waals surface area contributed by atoms with Crippen molar-refractivity contribution >= 4 is 17.8 Å². The van der Waals surface area contributed by atoms with Crippen LogP contribution in [-0.4, -0.2) is 18.7 Å². The average Bonchev–Trinajstić information content (AvgIpc) is 2.74. The minimum atomic E-state index is 0.00206. The molecule has 1 aromatic rings. The van der Waals surface area contributed by atoms with Gasteiger partial charge < -0.3 is 4.74 Å². The van der Waals surface area contributed by atoms with Gasteiger partial charge in [-0.2, -0.15) is 5.10 Å². The second-order valence-corrected chi connectivity index (χ2v) is 3.55. The van der Waals surface area contributed by atoms with E-state index in [2.05, 4.69) is 12.0 Å². The van der Waals surface area contributed by atoms with Crippen molar-refractivity contribution in [2.24, 2.45) is 5.10 Å². The molecule has 0 atom stereocenters. The van der Waals surface area contributed by atoms with Crippen LogP contribution in [0.25, 0.3) is 0 Å². The van der Waals surface area contributed by atoms with Gasteiger partial charge in [-0.1, -0.05) is 6.92 Å². The molecule has 0 spiro atoms. The van der Waals surface area contributed by atoms with Crippen molar-refractivity contribution in [2.75, 3.05) is 11.6 Å². The van der Waals surface area contributed by atoms with Crippen LogP contribution in [0.15, 0.2) is 29.4 Å². The Morgan fingerprint density at radius 2 is 2.12 bits per heavy atom. The molecule has 4 heteroatoms. The summed E-state index contributed by atoms with van der Waals surface area (Å²) in [7, 11) is 0. The number of carbonyl (C=O) groups excluding carboxylic acids is 1. The second kappa shape index (κ2) is 4.79. The molecule has 0 radical (unpaired) electrons. The van der Waals surface area contributed by atoms with Gasteiger partial charge in [-0.3, -0.25) is 4.79 Å². The minimum absolute atomic E-state index is 0.00206. The van der Waals surface area contributed by atoms with Crippen molar-refractivity contribution in [3.63, 3.8) is 0 Å². The number of hydrazone groups is 1. The van der Waals surface area contributed by atoms with E-state index in [0.29, 0.717) is 13.0 Å². The van der Waals surface area contributed by atoms with E-state index in [1.54, 1.807) is 6.21 Å². The van der Waals surface area contributed by atoms with E-state index in [1.807, 2.05) is 24.3 Å². The summed E-state index contributed by atoms with van der Waals surface area (Å²) in [6.45, 7) is 2.77. The molecule has 0 N–H and O–H groups in total. The number of amides is 1. The fraction of sp³-hybridized carbons (Fsp3) is 0.333. The fourth-order valence-corrected chi connectivity index (χ4v) is 1.47. The van der Waals surface area contributed by atoms with Crippen LogP contribution in [-0.2, 0) is 4.79 Å². The third kappa shape index (κ3) is 2.21. The zero-order chi connectivity index (χ0) is 11.4. The number of hydrogen-bond donors (Lipinski definition) is 0. The summed E-state index contributed by atoms with van der Waals surface area (Å²) < 4.78 is 5.46. The van der Waals surface area contributed by atoms with Gasteiger partial charge in [0.15, 0.2) is 0 Å². The lowest BCUT2D eigenvalue weighted by Gasteiger charge is -2.12. The molecule has 4 nitrogen and oxygen atoms in total. The van der Waals surface area contributed by atoms with Gasteiger partial charge in [-0.25, -0.2) is 5.01 Å². The summed E-state index contributed by atoms with van der Waals surface area (Å²) in [5.41, 5.74) is 0.780. The van der Waals surface area contributed by atoms with Gasteiger partial charge in [0.2, 0.25) is 0 Å². The topological polar surface area (TPSA) is 41.9 Å². The van der Waals surface area contributed by atoms with Crippen LogP contribution >= 0.6 is 0 Å². The van der Waals surface area contributed by atoms with Crippen LogP contribution in [0, 0.1) is 0 Å². The Balaban J connectivity index is 2.07. The molecular formula is C12H14N2O2. The quantitative estimate of drug-likeness (QED) is 0.777. The molecule has 0 fully saturated rings. The van der Waals surface area contributed by atoms with Crippen LogP contribution < -0.4 is 9.75 Å². The molecule has 0 saturated carbocycles. The number of ether oxygens (including phenoxy) is 1. The third-order valence-corrected chi connectivity index (χ3v) is 2.25. The Morgan fingerprint density at radius 1 is 1.38 bits per heavy atom. The summed E-state index contributed by atoms with van der Waals surface area (Å²) in [6.07, 6.45) is 2.98. The van der Waals surface area contributed by atoms with Crippen LogP contribution in [0.1, 0.15) is 19.8 Å². The Hall–Kier alpha value is -1.84. The second-order valence-electron chi connectivity index (χ2n) is 3.55. The predicted octanol–water partition coefficient (Wildman–Crippen LogP) is 2.20. The largest absolute Gasteiger partial charge is 0.494 e. The SMILES string of the molecule is CCCOc1ccc(N2N=CCC2=O)cc1. The minimum Gasteiger partial charge on any atom is -0.494 e. The number of nitrogens with zero attached hydrogens (tertiary/aromatic N) is 2. The normalized spacial score (nSPS) is 14.6. The molecule has 84 valence electrons. The Labute approximate surface area is 94.5 Å². The van der Waals surface area contributed by atoms with Crippen molar-refractivity contribution in [1.29, 1.82) is 0 Å². The molecule has 0 unspecified atom stereocenters. The van der Waals surface area contributed by atoms with Crippen molar-refractivity contribution in [3.8, 4) is 5.75 Å². The number of hydrogen-bond acceptors (Lipinski definition) is 3. The van der Waals surface area contributed by atoms with Gasteiger partial charge in [-0.15, -0.1) is 0 Å². The Bertz CT molecular complexity index is 398. The van der Waals surface area contributed by atoms with Gasteiger partial charge in [0, 0.05) is 6.21 Å². The van der Waals surface area contributed by atoms with Crippen LogP contribution in [0.3, 0.4) is 0 Å². The third-order valence-electron chi connectivity index (χ3n) is 2.25. The number of carbonyl (C=O) groups is 1. The predicted molar refractivity (Wildman–Crippen MR) is 62.8 cm³/mol. The molecule has 2 rings (SSSR count). The summed E-state index contributed by atoms with van der Waals surface area (Å²) in [5, 5.41) is 5.40. The standard InChI is InChI=1S/C12H14N2O2/c1-2-9-16-11-5-3-10(4-6-11)14-12(15)7-8-13-14/h3-6,8H,2,7,9H2,1H3. The maximum atomic E-state index is 11.4. The highest BCUT2D eigenvalue weighted by Crippen LogP contribution is 2.22. The van der Waals surface area contributed by atoms with E-state index >= 15 is 0 Å². The highest BCUT2D eigenvalue weighted by molar-refractivity contribution is 6.05. The zero-order valence-corrected chi connectivity index (χ0v) is 9.22. The molecule has 1 heterocycles. The lowest BCUT2D eigenvalue weighted by atomic mass is 10.3. The van der Waals surface area contributed by atoms with Crippen LogP contribution in [0.4, 0.5) is 5.69 Å². The van der Waals surface area contributed by atoms with Gasteiger partial charge >= 0.3 is 0 Å². The first-order chi connectivity index (χ1) is 7.81. The van der Waals surface area contributed by atoms with Gasteiger partial charge in [0.25, 0.3) is 5.91 Å². The van der Waals surface area contributed by atoms with E-state index in [4.69, 9.17) is 4.74 Å². The highest BCUT2D eigenvalue weighted by Gasteiger charge is 2.18. The van der Waals surface area contributed by atoms with Crippen LogP contribution in [0.2, 0.25) is 0 Å². The average molecular weight is 218 g/mol. The first-order valence-electron chi connectivity index (χ1n) is 5.39. The molecule has 1 amide bonds. The zero-order valence-electron chi connectivity index (χ0n) is 9.22. The monoisotopic (exact) mass is 218 g/mol. The Kier molecular flexibility index (Phi) is 3.19. The molecule has 0 bridgehead atoms. The molecule has 0 aliphatic carbocycles. The van der Waals surface area contributed by atoms with E-state index in [0.717, 1.165) is 17.9 Å². The molecule has 0 saturated heterocycles. The maximum absolute atomic E-state index is 11.4. The summed E-state index contributed by atoms with van der Waals surface area (Å²) in [5.74, 6) is 0.823. The Morgan fingerprint density at radius 3 is 2.69 bits per heavy atom. The summed E-state index contributed by atoms with van der Waals surface area (Å²) in [6, 6.07) is 7.38. The lowest BCUT2D eigenvalue weighted by Crippen LogP contribution is -2.19. The van der Waals surface area contributed by atoms with Crippen molar-refractivity contribution in [1.82, 2.24) is 0 Å². The highest BCUT2D eigenvalue weighted by atomic mass is 16.5. The summed E-state index contributed by atoms with van der Waals surface area (Å²) in [4.78, 5) is 11.4. The summed E-state index contributed by atoms with van der Waals surface area (Å²) >= 11 is 0. The van der Waals surface area contributed by atoms with E-state index in [1.165, 1.54) is 5.01 Å². The molecule has 1 aromatic carbocycles. The van der Waals surface area contributed by atoms with Crippen molar-refractivity contribution in [3.05, 3.63) is 24.3 Å². The van der Waals surface area contributed by atoms with Gasteiger partial charge in [-0.05, 0) is 30.7 Å². The van der Waals surface area contributed by atoms with E-state index in [9.17, 15) is 4.79 Å². The van der Waals surface area contributed by atoms with Crippen molar-refractivity contribution < 1.29 is 9.53 Å². The molecular weight excluding hydrogens is 204 g/mol. The van der Waals surface area contributed by atoms with E-state index < -0.39 is 0 Å². The molecule has 0 aromatic heterocycles. The molecule has 1 aliphatic rings. The van der Waals surface area contributed by atoms with Gasteiger partial charge in [0.1, 0.15) is 5.75 Å². The fourth-order valence-electron chi connectivity index (χ4n) is 1.47. The maximum Gasteiger partial charge on any atom is 0.252 e. The number of anilines is 1. The smallest absolute Gasteiger partial charge is 0.252 e. The van der Waals surface area contributed by atoms with Crippen molar-refractivity contribution in [2.45, 2.75) is 19.8 Å². The number of benzene rings is 1. The molecule has 1 aliphatic heterocycles. The van der Waals surface area contributed by atoms with E-state index in [-0.39, 0.29) is 5.91 Å². The first-order valence-corrected chi connectivity index (χ1v) is 5.39. The lowest BCUT2D eigenvalue weighted by molar-refractivity contribution is -0.116. The molecule has 16 heavy (non-hydrogen) atoms. The first kappa shape index (κ1) is 10.7.